The fourth-order valence-corrected chi connectivity index (χ4v) is 3.03. The number of carbonyl (C=O) groups excluding carboxylic acids is 2. The molecule has 4 rings (SSSR count). The van der Waals surface area contributed by atoms with Gasteiger partial charge in [0.15, 0.2) is 5.82 Å². The van der Waals surface area contributed by atoms with Crippen LogP contribution in [0, 0.1) is 0 Å². The van der Waals surface area contributed by atoms with E-state index in [1.54, 1.807) is 50.6 Å². The van der Waals surface area contributed by atoms with Crippen molar-refractivity contribution in [2.75, 3.05) is 24.9 Å². The molecule has 1 atom stereocenters. The third-order valence-electron chi connectivity index (χ3n) is 4.56. The van der Waals surface area contributed by atoms with Gasteiger partial charge in [-0.25, -0.2) is 4.68 Å². The Hall–Kier alpha value is -3.88. The molecule has 9 heteroatoms. The number of ether oxygens (including phenoxy) is 2. The van der Waals surface area contributed by atoms with Crippen molar-refractivity contribution in [3.05, 3.63) is 48.5 Å². The monoisotopic (exact) mass is 393 g/mol. The van der Waals surface area contributed by atoms with Gasteiger partial charge >= 0.3 is 0 Å². The van der Waals surface area contributed by atoms with Crippen molar-refractivity contribution in [3.8, 4) is 22.9 Å². The van der Waals surface area contributed by atoms with E-state index in [-0.39, 0.29) is 18.2 Å². The fraction of sp³-hybridized carbons (Fsp3) is 0.200. The molecule has 9 nitrogen and oxygen atoms in total. The first kappa shape index (κ1) is 18.5. The molecule has 2 N–H and O–H groups in total. The highest BCUT2D eigenvalue weighted by atomic mass is 16.5. The smallest absolute Gasteiger partial charge is 0.252 e. The molecular formula is C20H19N5O4. The predicted octanol–water partition coefficient (Wildman–Crippen LogP) is 2.48. The molecule has 0 bridgehead atoms. The maximum Gasteiger partial charge on any atom is 0.252 e. The third kappa shape index (κ3) is 3.75. The van der Waals surface area contributed by atoms with Crippen LogP contribution in [0.25, 0.3) is 11.4 Å². The molecule has 0 aliphatic carbocycles. The van der Waals surface area contributed by atoms with Crippen LogP contribution in [0.1, 0.15) is 12.5 Å². The lowest BCUT2D eigenvalue weighted by Crippen LogP contribution is -2.23. The highest BCUT2D eigenvalue weighted by molar-refractivity contribution is 6.01. The number of methoxy groups -OCH3 is 2. The standard InChI is InChI=1S/C20H19N5O4/c1-28-14-7-3-12(4-8-14)18-22-20-23-19(27)16(25(20)24-18)11-17(26)21-13-5-9-15(29-2)10-6-13/h3-10,16H,11H2,1-2H3,(H,21,26)(H,22,23,24,27). The van der Waals surface area contributed by atoms with Gasteiger partial charge in [0.2, 0.25) is 11.9 Å². The number of carbonyl (C=O) groups is 2. The van der Waals surface area contributed by atoms with E-state index in [1.807, 2.05) is 12.1 Å². The summed E-state index contributed by atoms with van der Waals surface area (Å²) in [6.07, 6.45) is -0.0593. The highest BCUT2D eigenvalue weighted by Gasteiger charge is 2.35. The fourth-order valence-electron chi connectivity index (χ4n) is 3.03. The minimum Gasteiger partial charge on any atom is -0.497 e. The number of hydrogen-bond acceptors (Lipinski definition) is 6. The Morgan fingerprint density at radius 2 is 1.69 bits per heavy atom. The number of aromatic nitrogens is 3. The van der Waals surface area contributed by atoms with E-state index in [4.69, 9.17) is 9.47 Å². The van der Waals surface area contributed by atoms with Crippen molar-refractivity contribution < 1.29 is 19.1 Å². The summed E-state index contributed by atoms with van der Waals surface area (Å²) in [4.78, 5) is 29.1. The Labute approximate surface area is 166 Å². The molecule has 0 fully saturated rings. The van der Waals surface area contributed by atoms with E-state index in [2.05, 4.69) is 20.7 Å². The summed E-state index contributed by atoms with van der Waals surface area (Å²) in [5, 5.41) is 9.86. The van der Waals surface area contributed by atoms with Crippen molar-refractivity contribution in [2.24, 2.45) is 0 Å². The number of benzene rings is 2. The Bertz CT molecular complexity index is 1040. The average molecular weight is 393 g/mol. The van der Waals surface area contributed by atoms with Crippen LogP contribution < -0.4 is 20.1 Å². The molecule has 2 aromatic carbocycles. The summed E-state index contributed by atoms with van der Waals surface area (Å²) in [5.41, 5.74) is 1.40. The van der Waals surface area contributed by atoms with Crippen LogP contribution in [0.3, 0.4) is 0 Å². The molecule has 1 aliphatic heterocycles. The maximum absolute atomic E-state index is 12.4. The van der Waals surface area contributed by atoms with Crippen molar-refractivity contribution in [1.82, 2.24) is 14.8 Å². The maximum atomic E-state index is 12.4. The molecule has 3 aromatic rings. The van der Waals surface area contributed by atoms with Gasteiger partial charge in [-0.1, -0.05) is 0 Å². The zero-order valence-corrected chi connectivity index (χ0v) is 15.9. The van der Waals surface area contributed by atoms with Crippen LogP contribution in [-0.2, 0) is 9.59 Å². The summed E-state index contributed by atoms with van der Waals surface area (Å²) >= 11 is 0. The predicted molar refractivity (Wildman–Crippen MR) is 106 cm³/mol. The second-order valence-corrected chi connectivity index (χ2v) is 6.42. The topological polar surface area (TPSA) is 107 Å². The van der Waals surface area contributed by atoms with E-state index in [0.717, 1.165) is 11.3 Å². The molecule has 0 radical (unpaired) electrons. The molecule has 0 spiro atoms. The summed E-state index contributed by atoms with van der Waals surface area (Å²) in [5.74, 6) is 1.58. The summed E-state index contributed by atoms with van der Waals surface area (Å²) in [7, 11) is 3.16. The van der Waals surface area contributed by atoms with Crippen LogP contribution in [0.15, 0.2) is 48.5 Å². The van der Waals surface area contributed by atoms with Crippen LogP contribution >= 0.6 is 0 Å². The van der Waals surface area contributed by atoms with Gasteiger partial charge in [-0.2, -0.15) is 4.98 Å². The van der Waals surface area contributed by atoms with Crippen LogP contribution in [0.2, 0.25) is 0 Å². The number of hydrogen-bond donors (Lipinski definition) is 2. The molecule has 148 valence electrons. The number of fused-ring (bicyclic) bond motifs is 1. The molecule has 2 heterocycles. The molecule has 0 saturated carbocycles. The number of nitrogens with zero attached hydrogens (tertiary/aromatic N) is 3. The average Bonchev–Trinajstić information content (AvgIpc) is 3.27. The number of anilines is 2. The van der Waals surface area contributed by atoms with E-state index in [0.29, 0.717) is 23.2 Å². The largest absolute Gasteiger partial charge is 0.497 e. The number of nitrogens with one attached hydrogen (secondary N) is 2. The minimum absolute atomic E-state index is 0.0593. The minimum atomic E-state index is -0.761. The molecule has 0 saturated heterocycles. The zero-order chi connectivity index (χ0) is 20.4. The van der Waals surface area contributed by atoms with Gasteiger partial charge in [-0.3, -0.25) is 14.9 Å². The van der Waals surface area contributed by atoms with Gasteiger partial charge < -0.3 is 14.8 Å². The van der Waals surface area contributed by atoms with Gasteiger partial charge in [-0.05, 0) is 48.5 Å². The Morgan fingerprint density at radius 3 is 2.31 bits per heavy atom. The quantitative estimate of drug-likeness (QED) is 0.666. The van der Waals surface area contributed by atoms with Crippen molar-refractivity contribution >= 4 is 23.5 Å². The molecular weight excluding hydrogens is 374 g/mol. The van der Waals surface area contributed by atoms with Gasteiger partial charge in [0, 0.05) is 11.3 Å². The summed E-state index contributed by atoms with van der Waals surface area (Å²) in [6.45, 7) is 0. The molecule has 1 aromatic heterocycles. The van der Waals surface area contributed by atoms with Gasteiger partial charge in [0.25, 0.3) is 5.91 Å². The second-order valence-electron chi connectivity index (χ2n) is 6.42. The first-order valence-electron chi connectivity index (χ1n) is 8.93. The number of amides is 2. The van der Waals surface area contributed by atoms with Gasteiger partial charge in [-0.15, -0.1) is 5.10 Å². The van der Waals surface area contributed by atoms with Crippen molar-refractivity contribution in [2.45, 2.75) is 12.5 Å². The summed E-state index contributed by atoms with van der Waals surface area (Å²) < 4.78 is 11.7. The Kier molecular flexibility index (Phi) is 4.86. The van der Waals surface area contributed by atoms with Crippen LogP contribution in [0.5, 0.6) is 11.5 Å². The van der Waals surface area contributed by atoms with Gasteiger partial charge in [0.05, 0.1) is 20.6 Å². The number of rotatable bonds is 6. The Balaban J connectivity index is 1.48. The lowest BCUT2D eigenvalue weighted by molar-refractivity contribution is -0.123. The molecule has 29 heavy (non-hydrogen) atoms. The van der Waals surface area contributed by atoms with E-state index in [1.165, 1.54) is 4.68 Å². The molecule has 2 amide bonds. The van der Waals surface area contributed by atoms with Gasteiger partial charge in [0.1, 0.15) is 17.5 Å². The first-order valence-corrected chi connectivity index (χ1v) is 8.93. The van der Waals surface area contributed by atoms with Crippen LogP contribution in [0.4, 0.5) is 11.6 Å². The zero-order valence-electron chi connectivity index (χ0n) is 15.9. The normalized spacial score (nSPS) is 14.8. The van der Waals surface area contributed by atoms with Crippen molar-refractivity contribution in [3.63, 3.8) is 0 Å². The summed E-state index contributed by atoms with van der Waals surface area (Å²) in [6, 6.07) is 13.5. The van der Waals surface area contributed by atoms with E-state index < -0.39 is 6.04 Å². The van der Waals surface area contributed by atoms with Crippen molar-refractivity contribution in [1.29, 1.82) is 0 Å². The SMILES string of the molecule is COc1ccc(NC(=O)CC2C(=O)Nc3nc(-c4ccc(OC)cc4)nn32)cc1. The van der Waals surface area contributed by atoms with E-state index >= 15 is 0 Å². The van der Waals surface area contributed by atoms with E-state index in [9.17, 15) is 9.59 Å². The lowest BCUT2D eigenvalue weighted by atomic mass is 10.2. The lowest BCUT2D eigenvalue weighted by Gasteiger charge is -2.10. The highest BCUT2D eigenvalue weighted by Crippen LogP contribution is 2.29. The molecule has 1 unspecified atom stereocenters. The Morgan fingerprint density at radius 1 is 1.07 bits per heavy atom. The third-order valence-corrected chi connectivity index (χ3v) is 4.56. The first-order chi connectivity index (χ1) is 14.1. The van der Waals surface area contributed by atoms with Crippen LogP contribution in [-0.4, -0.2) is 40.8 Å². The second kappa shape index (κ2) is 7.63. The molecule has 1 aliphatic rings.